The molecule has 0 amide bonds. The Hall–Kier alpha value is -1.57. The highest BCUT2D eigenvalue weighted by atomic mass is 15.0. The fourth-order valence-corrected chi connectivity index (χ4v) is 6.66. The standard InChI is InChI=1S/C39H67N2/c1-3-5-7-9-11-13-14-15-16-17-19-21-23-28-32-38(39-40-33-34-41-39)37(35-36-29-25-24-26-30-36)31-27-22-20-18-12-10-8-6-4-2/h24-26,29-30,33-34,37-38H,3-23,27-28,31-32,35H2,1-2H3/q+1. The lowest BCUT2D eigenvalue weighted by molar-refractivity contribution is 0.284. The lowest BCUT2D eigenvalue weighted by Gasteiger charge is -2.26. The summed E-state index contributed by atoms with van der Waals surface area (Å²) in [6.45, 7) is 4.61. The summed E-state index contributed by atoms with van der Waals surface area (Å²) in [5.41, 5.74) is 1.48. The molecule has 232 valence electrons. The molecule has 0 aromatic heterocycles. The van der Waals surface area contributed by atoms with Crippen LogP contribution in [0.25, 0.3) is 0 Å². The SMILES string of the molecule is CCCCCCCCCCCCCCCCC([C+]1N=CC=N1)C(CCCCCCCCCCC)Cc1ccccc1. The Morgan fingerprint density at radius 3 is 1.32 bits per heavy atom. The van der Waals surface area contributed by atoms with Crippen molar-refractivity contribution in [3.05, 3.63) is 42.1 Å². The van der Waals surface area contributed by atoms with Gasteiger partial charge in [-0.25, -0.2) is 0 Å². The summed E-state index contributed by atoms with van der Waals surface area (Å²) in [5, 5.41) is 0. The highest BCUT2D eigenvalue weighted by Crippen LogP contribution is 2.37. The van der Waals surface area contributed by atoms with Crippen LogP contribution in [0.4, 0.5) is 0 Å². The maximum atomic E-state index is 4.75. The lowest BCUT2D eigenvalue weighted by Crippen LogP contribution is -2.22. The van der Waals surface area contributed by atoms with E-state index < -0.39 is 0 Å². The van der Waals surface area contributed by atoms with Gasteiger partial charge in [0.2, 0.25) is 6.17 Å². The second-order valence-corrected chi connectivity index (χ2v) is 13.0. The molecule has 1 aliphatic rings. The Balaban J connectivity index is 1.70. The highest BCUT2D eigenvalue weighted by molar-refractivity contribution is 6.18. The van der Waals surface area contributed by atoms with Crippen LogP contribution in [-0.2, 0) is 6.42 Å². The first-order chi connectivity index (χ1) is 20.3. The molecule has 0 saturated carbocycles. The van der Waals surface area contributed by atoms with Crippen molar-refractivity contribution < 1.29 is 0 Å². The van der Waals surface area contributed by atoms with Gasteiger partial charge >= 0.3 is 0 Å². The summed E-state index contributed by atoms with van der Waals surface area (Å²) in [5.74, 6) is 1.14. The molecule has 1 aromatic rings. The molecule has 0 radical (unpaired) electrons. The molecule has 0 spiro atoms. The third kappa shape index (κ3) is 18.6. The zero-order chi connectivity index (χ0) is 29.1. The van der Waals surface area contributed by atoms with Gasteiger partial charge in [-0.2, -0.15) is 0 Å². The molecule has 1 heterocycles. The molecule has 0 bridgehead atoms. The Morgan fingerprint density at radius 2 is 0.878 bits per heavy atom. The van der Waals surface area contributed by atoms with Gasteiger partial charge in [-0.3, -0.25) is 0 Å². The molecule has 1 aliphatic heterocycles. The fraction of sp³-hybridized carbons (Fsp3) is 0.769. The van der Waals surface area contributed by atoms with E-state index in [4.69, 9.17) is 9.98 Å². The molecule has 2 unspecified atom stereocenters. The summed E-state index contributed by atoms with van der Waals surface area (Å²) >= 11 is 0. The molecule has 0 N–H and O–H groups in total. The predicted octanol–water partition coefficient (Wildman–Crippen LogP) is 12.9. The third-order valence-electron chi connectivity index (χ3n) is 9.27. The largest absolute Gasteiger partial charge is 0.244 e. The lowest BCUT2D eigenvalue weighted by atomic mass is 9.78. The van der Waals surface area contributed by atoms with E-state index in [1.165, 1.54) is 166 Å². The van der Waals surface area contributed by atoms with E-state index in [9.17, 15) is 0 Å². The van der Waals surface area contributed by atoms with Crippen molar-refractivity contribution >= 4 is 12.4 Å². The summed E-state index contributed by atoms with van der Waals surface area (Å²) in [6.07, 6.45) is 41.1. The Morgan fingerprint density at radius 1 is 0.488 bits per heavy atom. The van der Waals surface area contributed by atoms with Crippen molar-refractivity contribution in [2.75, 3.05) is 0 Å². The maximum absolute atomic E-state index is 4.75. The zero-order valence-electron chi connectivity index (χ0n) is 27.5. The Labute approximate surface area is 256 Å². The van der Waals surface area contributed by atoms with E-state index >= 15 is 0 Å². The number of unbranched alkanes of at least 4 members (excludes halogenated alkanes) is 21. The van der Waals surface area contributed by atoms with E-state index in [1.807, 2.05) is 12.4 Å². The number of aliphatic imine (C=N–C) groups is 2. The van der Waals surface area contributed by atoms with E-state index in [2.05, 4.69) is 44.2 Å². The van der Waals surface area contributed by atoms with Crippen LogP contribution in [0.3, 0.4) is 0 Å². The van der Waals surface area contributed by atoms with E-state index in [0.29, 0.717) is 11.8 Å². The van der Waals surface area contributed by atoms with Gasteiger partial charge in [0.1, 0.15) is 0 Å². The summed E-state index contributed by atoms with van der Waals surface area (Å²) in [6, 6.07) is 11.2. The van der Waals surface area contributed by atoms with E-state index in [0.717, 1.165) is 12.6 Å². The Bertz CT molecular complexity index is 727. The average Bonchev–Trinajstić information content (AvgIpc) is 3.53. The van der Waals surface area contributed by atoms with Gasteiger partial charge in [-0.15, -0.1) is 0 Å². The number of benzene rings is 1. The minimum Gasteiger partial charge on any atom is -0.0965 e. The van der Waals surface area contributed by atoms with Crippen molar-refractivity contribution in [3.8, 4) is 0 Å². The first-order valence-corrected chi connectivity index (χ1v) is 18.3. The topological polar surface area (TPSA) is 24.7 Å². The normalized spacial score (nSPS) is 14.2. The fourth-order valence-electron chi connectivity index (χ4n) is 6.66. The molecule has 41 heavy (non-hydrogen) atoms. The molecule has 2 atom stereocenters. The van der Waals surface area contributed by atoms with Crippen LogP contribution < -0.4 is 0 Å². The average molecular weight is 564 g/mol. The smallest absolute Gasteiger partial charge is 0.0965 e. The molecular formula is C39H67N2+. The third-order valence-corrected chi connectivity index (χ3v) is 9.27. The molecule has 2 nitrogen and oxygen atoms in total. The minimum atomic E-state index is 0.497. The van der Waals surface area contributed by atoms with Crippen LogP contribution in [-0.4, -0.2) is 12.4 Å². The second kappa shape index (κ2) is 26.1. The van der Waals surface area contributed by atoms with Crippen molar-refractivity contribution in [3.63, 3.8) is 0 Å². The second-order valence-electron chi connectivity index (χ2n) is 13.0. The monoisotopic (exact) mass is 564 g/mol. The van der Waals surface area contributed by atoms with Gasteiger partial charge in [-0.1, -0.05) is 202 Å². The molecule has 0 aliphatic carbocycles. The van der Waals surface area contributed by atoms with Crippen LogP contribution >= 0.6 is 0 Å². The quantitative estimate of drug-likeness (QED) is 0.0684. The van der Waals surface area contributed by atoms with Gasteiger partial charge in [0.05, 0.1) is 5.92 Å². The van der Waals surface area contributed by atoms with Crippen molar-refractivity contribution in [2.24, 2.45) is 21.8 Å². The molecule has 0 fully saturated rings. The highest BCUT2D eigenvalue weighted by Gasteiger charge is 2.35. The zero-order valence-corrected chi connectivity index (χ0v) is 27.5. The number of rotatable bonds is 29. The first kappa shape index (κ1) is 35.6. The van der Waals surface area contributed by atoms with Crippen LogP contribution in [0.5, 0.6) is 0 Å². The van der Waals surface area contributed by atoms with Crippen LogP contribution in [0, 0.1) is 18.0 Å². The Kier molecular flexibility index (Phi) is 22.7. The van der Waals surface area contributed by atoms with Gasteiger partial charge < -0.3 is 0 Å². The number of hydrogen-bond donors (Lipinski definition) is 0. The molecular weight excluding hydrogens is 496 g/mol. The molecule has 2 rings (SSSR count). The number of hydrogen-bond acceptors (Lipinski definition) is 2. The van der Waals surface area contributed by atoms with Crippen molar-refractivity contribution in [1.82, 2.24) is 0 Å². The minimum absolute atomic E-state index is 0.497. The van der Waals surface area contributed by atoms with Crippen molar-refractivity contribution in [1.29, 1.82) is 0 Å². The van der Waals surface area contributed by atoms with Crippen LogP contribution in [0.15, 0.2) is 40.3 Å². The van der Waals surface area contributed by atoms with Crippen LogP contribution in [0.2, 0.25) is 0 Å². The molecule has 1 aromatic carbocycles. The molecule has 2 heteroatoms. The van der Waals surface area contributed by atoms with Gasteiger partial charge in [0.25, 0.3) is 0 Å². The van der Waals surface area contributed by atoms with E-state index in [1.54, 1.807) is 0 Å². The maximum Gasteiger partial charge on any atom is 0.244 e. The first-order valence-electron chi connectivity index (χ1n) is 18.3. The van der Waals surface area contributed by atoms with Crippen molar-refractivity contribution in [2.45, 2.75) is 181 Å². The molecule has 0 saturated heterocycles. The summed E-state index contributed by atoms with van der Waals surface area (Å²) < 4.78 is 0. The van der Waals surface area contributed by atoms with E-state index in [-0.39, 0.29) is 0 Å². The predicted molar refractivity (Wildman–Crippen MR) is 184 cm³/mol. The van der Waals surface area contributed by atoms with Gasteiger partial charge in [0.15, 0.2) is 12.4 Å². The van der Waals surface area contributed by atoms with Crippen LogP contribution in [0.1, 0.15) is 180 Å². The summed E-state index contributed by atoms with van der Waals surface area (Å²) in [7, 11) is 0. The van der Waals surface area contributed by atoms with Gasteiger partial charge in [-0.05, 0) is 30.7 Å². The summed E-state index contributed by atoms with van der Waals surface area (Å²) in [4.78, 5) is 9.49. The van der Waals surface area contributed by atoms with Gasteiger partial charge in [0, 0.05) is 0 Å². The number of nitrogens with zero attached hydrogens (tertiary/aromatic N) is 2.